The maximum absolute atomic E-state index is 9.52. The first-order valence-electron chi connectivity index (χ1n) is 1.72. The molecule has 0 amide bonds. The Balaban J connectivity index is 2.49. The van der Waals surface area contributed by atoms with Crippen LogP contribution >= 0.6 is 0 Å². The zero-order chi connectivity index (χ0) is 4.83. The van der Waals surface area contributed by atoms with Gasteiger partial charge in [-0.15, -0.1) is 0 Å². The molecule has 2 nitrogen and oxygen atoms in total. The largest absolute Gasteiger partial charge is 0.499 e. The van der Waals surface area contributed by atoms with Crippen LogP contribution in [0.15, 0.2) is 12.8 Å². The van der Waals surface area contributed by atoms with Crippen molar-refractivity contribution >= 4 is 0 Å². The second-order valence-electron chi connectivity index (χ2n) is 0.742. The highest BCUT2D eigenvalue weighted by atomic mass is 16.5. The monoisotopic (exact) mass is 87.0 g/mol. The van der Waals surface area contributed by atoms with Crippen LogP contribution in [0.1, 0.15) is 0 Å². The van der Waals surface area contributed by atoms with Crippen molar-refractivity contribution in [3.63, 3.8) is 0 Å². The summed E-state index contributed by atoms with van der Waals surface area (Å²) in [7, 11) is 0. The molecular formula is C4H7O2. The van der Waals surface area contributed by atoms with Gasteiger partial charge in [-0.25, -0.2) is 5.11 Å². The van der Waals surface area contributed by atoms with Gasteiger partial charge >= 0.3 is 0 Å². The van der Waals surface area contributed by atoms with Gasteiger partial charge in [-0.1, -0.05) is 6.58 Å². The Bertz CT molecular complexity index is 34.5. The van der Waals surface area contributed by atoms with Crippen LogP contribution in [0.5, 0.6) is 0 Å². The molecule has 0 aromatic rings. The molecule has 0 atom stereocenters. The lowest BCUT2D eigenvalue weighted by atomic mass is 10.8. The van der Waals surface area contributed by atoms with Crippen molar-refractivity contribution < 1.29 is 9.84 Å². The zero-order valence-corrected chi connectivity index (χ0v) is 3.52. The molecule has 6 heavy (non-hydrogen) atoms. The van der Waals surface area contributed by atoms with E-state index in [1.165, 1.54) is 6.26 Å². The minimum atomic E-state index is -0.188. The fraction of sp³-hybridized carbons (Fsp3) is 0.500. The molecule has 0 unspecified atom stereocenters. The Labute approximate surface area is 37.1 Å². The van der Waals surface area contributed by atoms with E-state index in [0.29, 0.717) is 0 Å². The summed E-state index contributed by atoms with van der Waals surface area (Å²) in [5.74, 6) is 0. The first-order valence-corrected chi connectivity index (χ1v) is 1.72. The predicted octanol–water partition coefficient (Wildman–Crippen LogP) is 0.577. The summed E-state index contributed by atoms with van der Waals surface area (Å²) in [4.78, 5) is 0. The fourth-order valence-electron chi connectivity index (χ4n) is 0.131. The predicted molar refractivity (Wildman–Crippen MR) is 21.7 cm³/mol. The van der Waals surface area contributed by atoms with Crippen molar-refractivity contribution in [3.8, 4) is 0 Å². The topological polar surface area (TPSA) is 29.1 Å². The lowest BCUT2D eigenvalue weighted by Crippen LogP contribution is -1.89. The van der Waals surface area contributed by atoms with Gasteiger partial charge in [0.05, 0.1) is 6.26 Å². The van der Waals surface area contributed by atoms with Crippen molar-refractivity contribution in [1.29, 1.82) is 0 Å². The Morgan fingerprint density at radius 2 is 2.50 bits per heavy atom. The third-order valence-electron chi connectivity index (χ3n) is 0.319. The average molecular weight is 87.1 g/mol. The van der Waals surface area contributed by atoms with Gasteiger partial charge in [0.25, 0.3) is 0 Å². The molecule has 0 saturated heterocycles. The van der Waals surface area contributed by atoms with Crippen molar-refractivity contribution in [1.82, 2.24) is 0 Å². The molecule has 35 valence electrons. The van der Waals surface area contributed by atoms with Gasteiger partial charge in [0.2, 0.25) is 0 Å². The summed E-state index contributed by atoms with van der Waals surface area (Å²) in [5, 5.41) is 9.52. The average Bonchev–Trinajstić information content (AvgIpc) is 1.61. The molecule has 0 aliphatic rings. The van der Waals surface area contributed by atoms with E-state index in [4.69, 9.17) is 0 Å². The highest BCUT2D eigenvalue weighted by Crippen LogP contribution is 1.67. The fourth-order valence-corrected chi connectivity index (χ4v) is 0.131. The van der Waals surface area contributed by atoms with E-state index in [2.05, 4.69) is 11.3 Å². The van der Waals surface area contributed by atoms with Crippen LogP contribution in [0.2, 0.25) is 0 Å². The maximum atomic E-state index is 9.52. The molecule has 0 aromatic carbocycles. The van der Waals surface area contributed by atoms with Crippen LogP contribution in [-0.2, 0) is 9.84 Å². The summed E-state index contributed by atoms with van der Waals surface area (Å²) in [6.07, 6.45) is 1.26. The summed E-state index contributed by atoms with van der Waals surface area (Å²) >= 11 is 0. The summed E-state index contributed by atoms with van der Waals surface area (Å²) in [6.45, 7) is 3.29. The molecule has 0 N–H and O–H groups in total. The van der Waals surface area contributed by atoms with Gasteiger partial charge in [0.1, 0.15) is 13.2 Å². The smallest absolute Gasteiger partial charge is 0.116 e. The van der Waals surface area contributed by atoms with Crippen LogP contribution in [0.25, 0.3) is 0 Å². The standard InChI is InChI=1S/C4H7O2/c1-2-6-4-3-5/h2H,1,3-4H2. The first-order chi connectivity index (χ1) is 2.91. The molecule has 0 bridgehead atoms. The highest BCUT2D eigenvalue weighted by Gasteiger charge is 1.72. The Hall–Kier alpha value is -0.500. The van der Waals surface area contributed by atoms with Crippen molar-refractivity contribution in [2.24, 2.45) is 0 Å². The molecule has 0 aliphatic carbocycles. The van der Waals surface area contributed by atoms with E-state index in [1.54, 1.807) is 0 Å². The molecule has 1 radical (unpaired) electrons. The highest BCUT2D eigenvalue weighted by molar-refractivity contribution is 4.46. The molecule has 0 fully saturated rings. The second-order valence-corrected chi connectivity index (χ2v) is 0.742. The molecule has 0 spiro atoms. The van der Waals surface area contributed by atoms with Gasteiger partial charge < -0.3 is 4.74 Å². The molecule has 0 rings (SSSR count). The number of rotatable bonds is 3. The van der Waals surface area contributed by atoms with Crippen LogP contribution in [0.3, 0.4) is 0 Å². The number of hydrogen-bond acceptors (Lipinski definition) is 1. The van der Waals surface area contributed by atoms with Gasteiger partial charge in [0.15, 0.2) is 0 Å². The van der Waals surface area contributed by atoms with E-state index < -0.39 is 0 Å². The van der Waals surface area contributed by atoms with Crippen LogP contribution in [0.4, 0.5) is 0 Å². The van der Waals surface area contributed by atoms with Crippen LogP contribution < -0.4 is 0 Å². The summed E-state index contributed by atoms with van der Waals surface area (Å²) in [5.41, 5.74) is 0. The number of hydrogen-bond donors (Lipinski definition) is 0. The molecule has 0 aromatic heterocycles. The van der Waals surface area contributed by atoms with E-state index >= 15 is 0 Å². The first kappa shape index (κ1) is 5.50. The molecule has 2 heteroatoms. The van der Waals surface area contributed by atoms with Gasteiger partial charge in [0, 0.05) is 0 Å². The van der Waals surface area contributed by atoms with Gasteiger partial charge in [-0.2, -0.15) is 0 Å². The quantitative estimate of drug-likeness (QED) is 0.365. The van der Waals surface area contributed by atoms with Crippen LogP contribution in [-0.4, -0.2) is 13.2 Å². The molecule has 0 heterocycles. The minimum Gasteiger partial charge on any atom is -0.499 e. The lowest BCUT2D eigenvalue weighted by molar-refractivity contribution is 0.116. The Morgan fingerprint density at radius 3 is 2.67 bits per heavy atom. The van der Waals surface area contributed by atoms with Crippen LogP contribution in [0, 0.1) is 0 Å². The summed E-state index contributed by atoms with van der Waals surface area (Å²) < 4.78 is 4.43. The summed E-state index contributed by atoms with van der Waals surface area (Å²) in [6, 6.07) is 0. The maximum Gasteiger partial charge on any atom is 0.116 e. The van der Waals surface area contributed by atoms with Crippen molar-refractivity contribution in [2.45, 2.75) is 0 Å². The van der Waals surface area contributed by atoms with Crippen molar-refractivity contribution in [3.05, 3.63) is 12.8 Å². The van der Waals surface area contributed by atoms with E-state index in [1.807, 2.05) is 0 Å². The van der Waals surface area contributed by atoms with E-state index in [9.17, 15) is 5.11 Å². The van der Waals surface area contributed by atoms with Crippen molar-refractivity contribution in [2.75, 3.05) is 13.2 Å². The van der Waals surface area contributed by atoms with E-state index in [-0.39, 0.29) is 13.2 Å². The molecule has 0 aliphatic heterocycles. The number of ether oxygens (including phenoxy) is 1. The van der Waals surface area contributed by atoms with Gasteiger partial charge in [-0.3, -0.25) is 0 Å². The van der Waals surface area contributed by atoms with Gasteiger partial charge in [-0.05, 0) is 0 Å². The Kier molecular flexibility index (Phi) is 4.12. The second kappa shape index (κ2) is 4.50. The lowest BCUT2D eigenvalue weighted by Gasteiger charge is -1.88. The SMILES string of the molecule is C=COCC[O]. The Morgan fingerprint density at radius 1 is 1.83 bits per heavy atom. The van der Waals surface area contributed by atoms with E-state index in [0.717, 1.165) is 0 Å². The normalized spacial score (nSPS) is 7.50. The third kappa shape index (κ3) is 3.50. The molecular weight excluding hydrogens is 80.0 g/mol. The third-order valence-corrected chi connectivity index (χ3v) is 0.319. The minimum absolute atomic E-state index is 0.188. The zero-order valence-electron chi connectivity index (χ0n) is 3.52. The molecule has 0 saturated carbocycles.